The van der Waals surface area contributed by atoms with Crippen molar-refractivity contribution in [2.45, 2.75) is 24.9 Å². The van der Waals surface area contributed by atoms with Crippen LogP contribution in [0.3, 0.4) is 0 Å². The molecule has 0 aromatic carbocycles. The molecule has 4 bridgehead atoms. The molecule has 4 saturated carbocycles. The maximum Gasteiger partial charge on any atom is 0.274 e. The topological polar surface area (TPSA) is 73.3 Å². The second kappa shape index (κ2) is 5.97. The van der Waals surface area contributed by atoms with Crippen LogP contribution in [0.15, 0.2) is 24.7 Å². The lowest BCUT2D eigenvalue weighted by Gasteiger charge is -2.18. The molecule has 2 aromatic rings. The van der Waals surface area contributed by atoms with E-state index in [1.807, 2.05) is 0 Å². The Kier molecular flexibility index (Phi) is 3.78. The minimum atomic E-state index is -0.432. The summed E-state index contributed by atoms with van der Waals surface area (Å²) in [5.41, 5.74) is 0.440. The summed E-state index contributed by atoms with van der Waals surface area (Å²) in [6, 6.07) is 1.62. The zero-order chi connectivity index (χ0) is 18.8. The van der Waals surface area contributed by atoms with Crippen molar-refractivity contribution in [2.75, 3.05) is 12.4 Å². The summed E-state index contributed by atoms with van der Waals surface area (Å²) in [5.74, 6) is 2.72. The molecule has 2 unspecified atom stereocenters. The molecule has 4 aliphatic rings. The average molecular weight is 406 g/mol. The van der Waals surface area contributed by atoms with Crippen LogP contribution < -0.4 is 14.8 Å². The van der Waals surface area contributed by atoms with Gasteiger partial charge in [0.25, 0.3) is 5.91 Å². The number of halogens is 2. The number of nitrogens with zero attached hydrogens (tertiary/aromatic N) is 2. The van der Waals surface area contributed by atoms with Gasteiger partial charge in [0.1, 0.15) is 11.3 Å². The Morgan fingerprint density at radius 3 is 2.48 bits per heavy atom. The zero-order valence-corrected chi connectivity index (χ0v) is 16.0. The van der Waals surface area contributed by atoms with Gasteiger partial charge in [0.2, 0.25) is 0 Å². The quantitative estimate of drug-likeness (QED) is 0.805. The first-order chi connectivity index (χ1) is 13.0. The van der Waals surface area contributed by atoms with Gasteiger partial charge in [-0.2, -0.15) is 0 Å². The molecule has 0 radical (unpaired) electrons. The maximum absolute atomic E-state index is 12.7. The summed E-state index contributed by atoms with van der Waals surface area (Å²) in [4.78, 5) is 20.7. The highest BCUT2D eigenvalue weighted by molar-refractivity contribution is 6.39. The van der Waals surface area contributed by atoms with Crippen molar-refractivity contribution in [1.82, 2.24) is 9.97 Å². The molecule has 0 aliphatic heterocycles. The highest BCUT2D eigenvalue weighted by atomic mass is 35.5. The molecule has 1 amide bonds. The minimum absolute atomic E-state index is 0.0647. The number of carbonyl (C=O) groups is 1. The molecule has 140 valence electrons. The fraction of sp³-hybridized carbons (Fsp3) is 0.421. The summed E-state index contributed by atoms with van der Waals surface area (Å²) >= 11 is 12.1. The van der Waals surface area contributed by atoms with Crippen LogP contribution in [0.2, 0.25) is 10.0 Å². The third kappa shape index (κ3) is 2.57. The third-order valence-corrected chi connectivity index (χ3v) is 6.66. The van der Waals surface area contributed by atoms with Gasteiger partial charge in [-0.25, -0.2) is 4.98 Å². The molecule has 8 heteroatoms. The summed E-state index contributed by atoms with van der Waals surface area (Å²) in [6.45, 7) is 0. The summed E-state index contributed by atoms with van der Waals surface area (Å²) in [5, 5.41) is 3.20. The molecular formula is C19H17Cl2N3O3. The molecule has 4 aliphatic carbocycles. The van der Waals surface area contributed by atoms with E-state index in [1.54, 1.807) is 13.2 Å². The van der Waals surface area contributed by atoms with E-state index >= 15 is 0 Å². The zero-order valence-electron chi connectivity index (χ0n) is 14.5. The van der Waals surface area contributed by atoms with Gasteiger partial charge in [0.05, 0.1) is 29.0 Å². The second-order valence-electron chi connectivity index (χ2n) is 7.46. The number of aromatic nitrogens is 2. The van der Waals surface area contributed by atoms with E-state index < -0.39 is 5.91 Å². The Balaban J connectivity index is 1.41. The number of hydrogen-bond donors (Lipinski definition) is 1. The molecule has 2 aromatic heterocycles. The predicted octanol–water partition coefficient (Wildman–Crippen LogP) is 4.22. The van der Waals surface area contributed by atoms with Gasteiger partial charge in [0.15, 0.2) is 11.5 Å². The van der Waals surface area contributed by atoms with Crippen molar-refractivity contribution in [3.63, 3.8) is 0 Å². The predicted molar refractivity (Wildman–Crippen MR) is 101 cm³/mol. The second-order valence-corrected chi connectivity index (χ2v) is 8.28. The lowest BCUT2D eigenvalue weighted by molar-refractivity contribution is 0.102. The number of carbonyl (C=O) groups excluding carboxylic acids is 1. The van der Waals surface area contributed by atoms with Gasteiger partial charge in [-0.3, -0.25) is 9.78 Å². The van der Waals surface area contributed by atoms with Gasteiger partial charge in [-0.15, -0.1) is 0 Å². The SMILES string of the molecule is COc1cnc(C(=O)Nc2c(Cl)cncc2Cl)cc1OC12CC3CC1C2C3. The maximum atomic E-state index is 12.7. The van der Waals surface area contributed by atoms with Crippen LogP contribution in [0.4, 0.5) is 5.69 Å². The van der Waals surface area contributed by atoms with E-state index in [-0.39, 0.29) is 21.3 Å². The van der Waals surface area contributed by atoms with E-state index in [2.05, 4.69) is 15.3 Å². The highest BCUT2D eigenvalue weighted by Gasteiger charge is 2.77. The van der Waals surface area contributed by atoms with Gasteiger partial charge < -0.3 is 14.8 Å². The fourth-order valence-electron chi connectivity index (χ4n) is 4.93. The molecule has 0 saturated heterocycles. The van der Waals surface area contributed by atoms with Gasteiger partial charge >= 0.3 is 0 Å². The number of hydrogen-bond acceptors (Lipinski definition) is 5. The fourth-order valence-corrected chi connectivity index (χ4v) is 5.38. The molecule has 27 heavy (non-hydrogen) atoms. The van der Waals surface area contributed by atoms with E-state index in [1.165, 1.54) is 31.4 Å². The molecule has 6 nitrogen and oxygen atoms in total. The molecular weight excluding hydrogens is 389 g/mol. The number of rotatable bonds is 5. The molecule has 6 rings (SSSR count). The molecule has 2 heterocycles. The van der Waals surface area contributed by atoms with Crippen LogP contribution in [0, 0.1) is 17.8 Å². The lowest BCUT2D eigenvalue weighted by Crippen LogP contribution is -2.20. The molecule has 2 atom stereocenters. The van der Waals surface area contributed by atoms with Crippen molar-refractivity contribution < 1.29 is 14.3 Å². The Labute approximate surface area is 166 Å². The Hall–Kier alpha value is -2.05. The largest absolute Gasteiger partial charge is 0.491 e. The van der Waals surface area contributed by atoms with E-state index in [9.17, 15) is 4.79 Å². The number of nitrogens with one attached hydrogen (secondary N) is 1. The first-order valence-corrected chi connectivity index (χ1v) is 9.61. The van der Waals surface area contributed by atoms with E-state index in [0.29, 0.717) is 29.0 Å². The average Bonchev–Trinajstić information content (AvgIpc) is 3.09. The minimum Gasteiger partial charge on any atom is -0.491 e. The summed E-state index contributed by atoms with van der Waals surface area (Å²) in [7, 11) is 1.57. The third-order valence-electron chi connectivity index (χ3n) is 6.09. The smallest absolute Gasteiger partial charge is 0.274 e. The van der Waals surface area contributed by atoms with Crippen LogP contribution in [0.5, 0.6) is 11.5 Å². The van der Waals surface area contributed by atoms with E-state index in [4.69, 9.17) is 32.7 Å². The Morgan fingerprint density at radius 1 is 1.19 bits per heavy atom. The standard InChI is InChI=1S/C19H17Cl2N3O3/c1-26-16-8-23-14(18(25)24-17-12(20)6-22-7-13(17)21)4-15(16)27-19-5-9-2-10(19)11(19)3-9/h4,6-11H,2-3,5H2,1H3,(H,22,24,25). The first-order valence-electron chi connectivity index (χ1n) is 8.85. The van der Waals surface area contributed by atoms with Crippen LogP contribution in [0.25, 0.3) is 0 Å². The van der Waals surface area contributed by atoms with Crippen LogP contribution >= 0.6 is 23.2 Å². The monoisotopic (exact) mass is 405 g/mol. The van der Waals surface area contributed by atoms with Crippen molar-refractivity contribution in [3.05, 3.63) is 40.4 Å². The summed E-state index contributed by atoms with van der Waals surface area (Å²) < 4.78 is 11.8. The molecule has 1 N–H and O–H groups in total. The van der Waals surface area contributed by atoms with Crippen LogP contribution in [-0.4, -0.2) is 28.6 Å². The Bertz CT molecular complexity index is 920. The van der Waals surface area contributed by atoms with Gasteiger partial charge in [0, 0.05) is 30.3 Å². The first kappa shape index (κ1) is 17.1. The normalized spacial score (nSPS) is 29.5. The van der Waals surface area contributed by atoms with Crippen molar-refractivity contribution >= 4 is 34.8 Å². The molecule has 0 spiro atoms. The highest BCUT2D eigenvalue weighted by Crippen LogP contribution is 2.74. The van der Waals surface area contributed by atoms with Crippen LogP contribution in [0.1, 0.15) is 29.8 Å². The van der Waals surface area contributed by atoms with Crippen molar-refractivity contribution in [3.8, 4) is 11.5 Å². The summed E-state index contributed by atoms with van der Waals surface area (Å²) in [6.07, 6.45) is 7.94. The number of anilines is 1. The number of ether oxygens (including phenoxy) is 2. The number of methoxy groups -OCH3 is 1. The van der Waals surface area contributed by atoms with E-state index in [0.717, 1.165) is 12.3 Å². The van der Waals surface area contributed by atoms with Gasteiger partial charge in [-0.05, 0) is 25.2 Å². The van der Waals surface area contributed by atoms with Crippen LogP contribution in [-0.2, 0) is 0 Å². The number of amides is 1. The van der Waals surface area contributed by atoms with Crippen molar-refractivity contribution in [1.29, 1.82) is 0 Å². The molecule has 4 fully saturated rings. The Morgan fingerprint density at radius 2 is 1.89 bits per heavy atom. The lowest BCUT2D eigenvalue weighted by atomic mass is 10.1. The van der Waals surface area contributed by atoms with Crippen molar-refractivity contribution in [2.24, 2.45) is 17.8 Å². The van der Waals surface area contributed by atoms with Gasteiger partial charge in [-0.1, -0.05) is 23.2 Å². The number of pyridine rings is 2.